The van der Waals surface area contributed by atoms with Gasteiger partial charge in [-0.25, -0.2) is 0 Å². The van der Waals surface area contributed by atoms with Gasteiger partial charge < -0.3 is 9.80 Å². The van der Waals surface area contributed by atoms with E-state index in [0.717, 1.165) is 17.8 Å². The van der Waals surface area contributed by atoms with Crippen LogP contribution in [0, 0.1) is 6.92 Å². The van der Waals surface area contributed by atoms with Gasteiger partial charge >= 0.3 is 0 Å². The molecule has 0 fully saturated rings. The molecule has 1 aliphatic carbocycles. The van der Waals surface area contributed by atoms with Crippen molar-refractivity contribution in [1.29, 1.82) is 0 Å². The molecule has 3 nitrogen and oxygen atoms in total. The predicted molar refractivity (Wildman–Crippen MR) is 202 cm³/mol. The van der Waals surface area contributed by atoms with E-state index in [1.807, 2.05) is 11.3 Å². The van der Waals surface area contributed by atoms with Crippen LogP contribution < -0.4 is 20.0 Å². The monoisotopic (exact) mass is 625 g/mol. The van der Waals surface area contributed by atoms with Gasteiger partial charge in [-0.2, -0.15) is 0 Å². The molecule has 0 amide bonds. The molecule has 1 atom stereocenters. The van der Waals surface area contributed by atoms with Gasteiger partial charge in [-0.05, 0) is 77.3 Å². The summed E-state index contributed by atoms with van der Waals surface area (Å²) in [5.74, 6) is 0. The highest BCUT2D eigenvalue weighted by atomic mass is 32.1. The van der Waals surface area contributed by atoms with Crippen molar-refractivity contribution >= 4 is 66.8 Å². The van der Waals surface area contributed by atoms with E-state index < -0.39 is 0 Å². The number of hydrogen-bond acceptors (Lipinski definition) is 4. The summed E-state index contributed by atoms with van der Waals surface area (Å²) < 4.78 is 2.75. The summed E-state index contributed by atoms with van der Waals surface area (Å²) in [5.41, 5.74) is 14.0. The number of thiophene rings is 1. The van der Waals surface area contributed by atoms with Crippen LogP contribution in [0.1, 0.15) is 38.3 Å². The van der Waals surface area contributed by atoms with Gasteiger partial charge in [0.05, 0.1) is 35.5 Å². The lowest BCUT2D eigenvalue weighted by molar-refractivity contribution is 0.590. The van der Waals surface area contributed by atoms with E-state index in [-0.39, 0.29) is 18.2 Å². The molecular formula is C42H36BN3S. The summed E-state index contributed by atoms with van der Waals surface area (Å²) in [6.07, 6.45) is 12.1. The summed E-state index contributed by atoms with van der Waals surface area (Å²) in [6.45, 7) is 9.19. The molecule has 6 aromatic rings. The Kier molecular flexibility index (Phi) is 6.39. The number of aryl methyl sites for hydroxylation is 1. The molecule has 0 bridgehead atoms. The fraction of sp³-hybridized carbons (Fsp3) is 0.167. The van der Waals surface area contributed by atoms with Gasteiger partial charge in [0.2, 0.25) is 0 Å². The highest BCUT2D eigenvalue weighted by molar-refractivity contribution is 7.32. The Morgan fingerprint density at radius 3 is 2.40 bits per heavy atom. The van der Waals surface area contributed by atoms with Crippen LogP contribution in [0.2, 0.25) is 0 Å². The highest BCUT2D eigenvalue weighted by Crippen LogP contribution is 2.49. The van der Waals surface area contributed by atoms with Crippen LogP contribution in [-0.2, 0) is 5.41 Å². The largest absolute Gasteiger partial charge is 0.334 e. The van der Waals surface area contributed by atoms with Crippen LogP contribution >= 0.6 is 11.3 Å². The number of pyridine rings is 1. The zero-order valence-electron chi connectivity index (χ0n) is 27.2. The number of allylic oxidation sites excluding steroid dienone is 2. The number of rotatable bonds is 3. The van der Waals surface area contributed by atoms with Crippen LogP contribution in [0.15, 0.2) is 133 Å². The molecule has 0 saturated carbocycles. The number of hydrogen-bond donors (Lipinski definition) is 0. The summed E-state index contributed by atoms with van der Waals surface area (Å²) in [7, 11) is 0. The molecular weight excluding hydrogens is 589 g/mol. The van der Waals surface area contributed by atoms with E-state index in [1.54, 1.807) is 0 Å². The molecule has 4 heterocycles. The Morgan fingerprint density at radius 2 is 1.60 bits per heavy atom. The number of anilines is 5. The smallest absolute Gasteiger partial charge is 0.260 e. The number of aromatic nitrogens is 1. The van der Waals surface area contributed by atoms with Gasteiger partial charge in [-0.15, -0.1) is 11.3 Å². The molecule has 0 spiro atoms. The van der Waals surface area contributed by atoms with Crippen molar-refractivity contribution in [3.8, 4) is 11.1 Å². The average molecular weight is 626 g/mol. The number of fused-ring (bicyclic) bond motifs is 6. The van der Waals surface area contributed by atoms with Crippen LogP contribution in [0.4, 0.5) is 28.4 Å². The van der Waals surface area contributed by atoms with Gasteiger partial charge in [0.15, 0.2) is 0 Å². The van der Waals surface area contributed by atoms with Gasteiger partial charge in [0, 0.05) is 26.2 Å². The fourth-order valence-corrected chi connectivity index (χ4v) is 9.14. The number of benzene rings is 4. The standard InChI is InChI=1S/C42H36BN3S/c1-27-17-22-38-33(23-27)40-41(47-38)43-34-15-8-9-16-35(34)45(31-12-6-5-7-13-31)36-25-44-26-37(39(36)43)46(40)32-14-10-11-29(24-32)28-18-20-30(21-19-28)42(2,3)4/h5-15,17-26,35H,16H2,1-4H3. The summed E-state index contributed by atoms with van der Waals surface area (Å²) in [5, 5.41) is 1.31. The van der Waals surface area contributed by atoms with Gasteiger partial charge in [-0.1, -0.05) is 111 Å². The Labute approximate surface area is 281 Å². The Bertz CT molecular complexity index is 2240. The molecule has 0 radical (unpaired) electrons. The minimum Gasteiger partial charge on any atom is -0.334 e. The molecule has 0 N–H and O–H groups in total. The molecule has 9 rings (SSSR count). The molecule has 228 valence electrons. The third kappa shape index (κ3) is 4.44. The second-order valence-corrected chi connectivity index (χ2v) is 15.2. The third-order valence-electron chi connectivity index (χ3n) is 10.1. The van der Waals surface area contributed by atoms with Crippen molar-refractivity contribution < 1.29 is 0 Å². The predicted octanol–water partition coefficient (Wildman–Crippen LogP) is 9.91. The molecule has 4 aromatic carbocycles. The zero-order chi connectivity index (χ0) is 31.9. The van der Waals surface area contributed by atoms with E-state index in [0.29, 0.717) is 0 Å². The average Bonchev–Trinajstić information content (AvgIpc) is 3.46. The maximum atomic E-state index is 4.98. The second kappa shape index (κ2) is 10.6. The molecule has 0 saturated heterocycles. The summed E-state index contributed by atoms with van der Waals surface area (Å²) in [4.78, 5) is 10.0. The summed E-state index contributed by atoms with van der Waals surface area (Å²) in [6, 6.07) is 36.2. The highest BCUT2D eigenvalue weighted by Gasteiger charge is 2.48. The van der Waals surface area contributed by atoms with E-state index in [2.05, 4.69) is 165 Å². The van der Waals surface area contributed by atoms with Gasteiger partial charge in [-0.3, -0.25) is 4.98 Å². The quantitative estimate of drug-likeness (QED) is 0.183. The first-order valence-corrected chi connectivity index (χ1v) is 17.4. The van der Waals surface area contributed by atoms with Crippen LogP contribution in [0.5, 0.6) is 0 Å². The molecule has 2 aliphatic heterocycles. The van der Waals surface area contributed by atoms with Crippen molar-refractivity contribution in [2.75, 3.05) is 9.80 Å². The first-order chi connectivity index (χ1) is 22.9. The molecule has 2 aromatic heterocycles. The van der Waals surface area contributed by atoms with Gasteiger partial charge in [0.1, 0.15) is 0 Å². The van der Waals surface area contributed by atoms with E-state index in [4.69, 9.17) is 4.98 Å². The molecule has 3 aliphatic rings. The van der Waals surface area contributed by atoms with Crippen molar-refractivity contribution in [3.05, 3.63) is 144 Å². The van der Waals surface area contributed by atoms with E-state index in [9.17, 15) is 0 Å². The van der Waals surface area contributed by atoms with E-state index >= 15 is 0 Å². The zero-order valence-corrected chi connectivity index (χ0v) is 28.1. The molecule has 47 heavy (non-hydrogen) atoms. The Balaban J connectivity index is 1.30. The van der Waals surface area contributed by atoms with Crippen molar-refractivity contribution in [2.24, 2.45) is 0 Å². The maximum absolute atomic E-state index is 4.98. The number of para-hydroxylation sites is 1. The number of nitrogens with zero attached hydrogens (tertiary/aromatic N) is 3. The first-order valence-electron chi connectivity index (χ1n) is 16.6. The van der Waals surface area contributed by atoms with Crippen LogP contribution in [-0.4, -0.2) is 17.7 Å². The first kappa shape index (κ1) is 28.4. The van der Waals surface area contributed by atoms with Crippen LogP contribution in [0.25, 0.3) is 21.2 Å². The minimum absolute atomic E-state index is 0.120. The van der Waals surface area contributed by atoms with Crippen molar-refractivity contribution in [2.45, 2.75) is 45.6 Å². The topological polar surface area (TPSA) is 19.4 Å². The lowest BCUT2D eigenvalue weighted by atomic mass is 9.34. The lowest BCUT2D eigenvalue weighted by Crippen LogP contribution is -2.60. The fourth-order valence-electron chi connectivity index (χ4n) is 7.84. The lowest BCUT2D eigenvalue weighted by Gasteiger charge is -2.47. The molecule has 1 unspecified atom stereocenters. The van der Waals surface area contributed by atoms with E-state index in [1.165, 1.54) is 65.1 Å². The molecule has 5 heteroatoms. The Hall–Kier alpha value is -4.87. The SMILES string of the molecule is Cc1ccc2sc3c(c2c1)N(c1cccc(-c2ccc(C(C)(C)C)cc2)c1)c1cncc2c1B3C1=CC=CCC1N2c1ccccc1. The normalized spacial score (nSPS) is 16.6. The van der Waals surface area contributed by atoms with Gasteiger partial charge in [0.25, 0.3) is 6.71 Å². The van der Waals surface area contributed by atoms with Crippen molar-refractivity contribution in [3.63, 3.8) is 0 Å². The minimum atomic E-state index is 0.120. The maximum Gasteiger partial charge on any atom is 0.260 e. The Morgan fingerprint density at radius 1 is 0.809 bits per heavy atom. The summed E-state index contributed by atoms with van der Waals surface area (Å²) >= 11 is 1.96. The third-order valence-corrected chi connectivity index (χ3v) is 11.3. The second-order valence-electron chi connectivity index (χ2n) is 14.1. The van der Waals surface area contributed by atoms with Crippen molar-refractivity contribution in [1.82, 2.24) is 4.98 Å². The van der Waals surface area contributed by atoms with Crippen LogP contribution in [0.3, 0.4) is 0 Å².